The number of hydrogen-bond acceptors (Lipinski definition) is 5. The molecular weight excluding hydrogens is 598 g/mol. The standard InChI is InChI=1S/C37H43N3O5S/c1-27(2)24-38-37(42)34(23-30-12-8-6-9-13-30)39(25-31-14-10-7-11-15-31)36(41)26-40(33-22-29(4)18-21-35(33)45-5)46(43,44)32-19-16-28(3)17-20-32/h6-22,27,34H,23-26H2,1-5H3,(H,38,42)/t34-/m0/s1. The molecule has 4 aromatic rings. The van der Waals surface area contributed by atoms with Crippen molar-refractivity contribution in [1.82, 2.24) is 10.2 Å². The quantitative estimate of drug-likeness (QED) is 0.185. The van der Waals surface area contributed by atoms with Crippen LogP contribution in [0.25, 0.3) is 0 Å². The van der Waals surface area contributed by atoms with Gasteiger partial charge in [0, 0.05) is 19.5 Å². The summed E-state index contributed by atoms with van der Waals surface area (Å²) < 4.78 is 35.4. The van der Waals surface area contributed by atoms with Crippen LogP contribution in [0.3, 0.4) is 0 Å². The minimum absolute atomic E-state index is 0.0413. The number of carbonyl (C=O) groups is 2. The number of nitrogens with one attached hydrogen (secondary N) is 1. The fraction of sp³-hybridized carbons (Fsp3) is 0.297. The zero-order valence-corrected chi connectivity index (χ0v) is 28.0. The molecule has 2 amide bonds. The van der Waals surface area contributed by atoms with E-state index in [1.165, 1.54) is 24.1 Å². The van der Waals surface area contributed by atoms with Crippen molar-refractivity contribution < 1.29 is 22.7 Å². The zero-order valence-electron chi connectivity index (χ0n) is 27.1. The first-order valence-electron chi connectivity index (χ1n) is 15.4. The molecule has 242 valence electrons. The molecular formula is C37H43N3O5S. The summed E-state index contributed by atoms with van der Waals surface area (Å²) >= 11 is 0. The van der Waals surface area contributed by atoms with Crippen molar-refractivity contribution in [2.24, 2.45) is 5.92 Å². The Morgan fingerprint density at radius 3 is 1.98 bits per heavy atom. The molecule has 0 spiro atoms. The van der Waals surface area contributed by atoms with Crippen molar-refractivity contribution in [3.8, 4) is 5.75 Å². The lowest BCUT2D eigenvalue weighted by molar-refractivity contribution is -0.140. The maximum atomic E-state index is 14.6. The van der Waals surface area contributed by atoms with Gasteiger partial charge in [0.1, 0.15) is 18.3 Å². The molecule has 0 saturated carbocycles. The highest BCUT2D eigenvalue weighted by Crippen LogP contribution is 2.34. The number of carbonyl (C=O) groups excluding carboxylic acids is 2. The van der Waals surface area contributed by atoms with Gasteiger partial charge < -0.3 is 15.0 Å². The van der Waals surface area contributed by atoms with Crippen LogP contribution in [-0.2, 0) is 32.6 Å². The molecule has 0 aliphatic heterocycles. The summed E-state index contributed by atoms with van der Waals surface area (Å²) in [7, 11) is -2.78. The van der Waals surface area contributed by atoms with E-state index < -0.39 is 28.5 Å². The molecule has 1 N–H and O–H groups in total. The summed E-state index contributed by atoms with van der Waals surface area (Å²) in [5, 5.41) is 3.01. The van der Waals surface area contributed by atoms with Crippen LogP contribution in [0, 0.1) is 19.8 Å². The smallest absolute Gasteiger partial charge is 0.264 e. The van der Waals surface area contributed by atoms with Gasteiger partial charge in [0.15, 0.2) is 0 Å². The summed E-state index contributed by atoms with van der Waals surface area (Å²) in [6, 6.07) is 29.7. The summed E-state index contributed by atoms with van der Waals surface area (Å²) in [4.78, 5) is 30.0. The van der Waals surface area contributed by atoms with E-state index in [4.69, 9.17) is 4.74 Å². The molecule has 0 fully saturated rings. The van der Waals surface area contributed by atoms with Crippen molar-refractivity contribution in [3.63, 3.8) is 0 Å². The third-order valence-corrected chi connectivity index (χ3v) is 9.42. The van der Waals surface area contributed by atoms with Gasteiger partial charge in [0.2, 0.25) is 11.8 Å². The first-order chi connectivity index (χ1) is 22.0. The molecule has 4 rings (SSSR count). The Morgan fingerprint density at radius 1 is 0.804 bits per heavy atom. The number of rotatable bonds is 14. The molecule has 1 atom stereocenters. The highest BCUT2D eigenvalue weighted by Gasteiger charge is 2.35. The Balaban J connectivity index is 1.83. The second-order valence-electron chi connectivity index (χ2n) is 11.9. The molecule has 0 bridgehead atoms. The van der Waals surface area contributed by atoms with Crippen molar-refractivity contribution in [2.75, 3.05) is 24.5 Å². The Morgan fingerprint density at radius 2 is 1.39 bits per heavy atom. The summed E-state index contributed by atoms with van der Waals surface area (Å²) in [5.41, 5.74) is 3.62. The van der Waals surface area contributed by atoms with E-state index in [-0.39, 0.29) is 35.4 Å². The third kappa shape index (κ3) is 8.75. The summed E-state index contributed by atoms with van der Waals surface area (Å²) in [6.45, 7) is 7.72. The molecule has 0 radical (unpaired) electrons. The lowest BCUT2D eigenvalue weighted by atomic mass is 10.0. The molecule has 46 heavy (non-hydrogen) atoms. The van der Waals surface area contributed by atoms with Gasteiger partial charge in [-0.05, 0) is 60.7 Å². The second-order valence-corrected chi connectivity index (χ2v) is 13.7. The molecule has 0 heterocycles. The van der Waals surface area contributed by atoms with Crippen molar-refractivity contribution in [3.05, 3.63) is 125 Å². The average molecular weight is 642 g/mol. The number of amides is 2. The van der Waals surface area contributed by atoms with Gasteiger partial charge in [0.05, 0.1) is 17.7 Å². The molecule has 9 heteroatoms. The van der Waals surface area contributed by atoms with Crippen LogP contribution in [-0.4, -0.2) is 51.4 Å². The topological polar surface area (TPSA) is 96.0 Å². The number of nitrogens with zero attached hydrogens (tertiary/aromatic N) is 2. The largest absolute Gasteiger partial charge is 0.495 e. The lowest BCUT2D eigenvalue weighted by Gasteiger charge is -2.34. The Bertz CT molecular complexity index is 1710. The predicted molar refractivity (Wildman–Crippen MR) is 182 cm³/mol. The first-order valence-corrected chi connectivity index (χ1v) is 16.8. The number of anilines is 1. The SMILES string of the molecule is COc1ccc(C)cc1N(CC(=O)N(Cc1ccccc1)[C@@H](Cc1ccccc1)C(=O)NCC(C)C)S(=O)(=O)c1ccc(C)cc1. The van der Waals surface area contributed by atoms with Crippen molar-refractivity contribution in [1.29, 1.82) is 0 Å². The molecule has 0 aromatic heterocycles. The fourth-order valence-electron chi connectivity index (χ4n) is 5.10. The van der Waals surface area contributed by atoms with Gasteiger partial charge in [-0.2, -0.15) is 0 Å². The van der Waals surface area contributed by atoms with Crippen LogP contribution in [0.2, 0.25) is 0 Å². The van der Waals surface area contributed by atoms with Crippen molar-refractivity contribution >= 4 is 27.5 Å². The van der Waals surface area contributed by atoms with Gasteiger partial charge in [-0.3, -0.25) is 13.9 Å². The van der Waals surface area contributed by atoms with Gasteiger partial charge in [-0.1, -0.05) is 98.3 Å². The van der Waals surface area contributed by atoms with Gasteiger partial charge in [-0.25, -0.2) is 8.42 Å². The summed E-state index contributed by atoms with van der Waals surface area (Å²) in [6.07, 6.45) is 0.252. The second kappa shape index (κ2) is 15.6. The Labute approximate surface area is 273 Å². The average Bonchev–Trinajstić information content (AvgIpc) is 3.05. The molecule has 0 saturated heterocycles. The van der Waals surface area contributed by atoms with E-state index >= 15 is 0 Å². The van der Waals surface area contributed by atoms with Gasteiger partial charge in [-0.15, -0.1) is 0 Å². The van der Waals surface area contributed by atoms with Crippen LogP contribution in [0.4, 0.5) is 5.69 Å². The minimum Gasteiger partial charge on any atom is -0.495 e. The number of methoxy groups -OCH3 is 1. The van der Waals surface area contributed by atoms with E-state index in [9.17, 15) is 18.0 Å². The first kappa shape index (κ1) is 34.2. The lowest BCUT2D eigenvalue weighted by Crippen LogP contribution is -2.53. The number of ether oxygens (including phenoxy) is 1. The maximum Gasteiger partial charge on any atom is 0.264 e. The number of aryl methyl sites for hydroxylation is 2. The summed E-state index contributed by atoms with van der Waals surface area (Å²) in [5.74, 6) is -0.325. The van der Waals surface area contributed by atoms with E-state index in [0.717, 1.165) is 26.6 Å². The third-order valence-electron chi connectivity index (χ3n) is 7.64. The van der Waals surface area contributed by atoms with Gasteiger partial charge >= 0.3 is 0 Å². The van der Waals surface area contributed by atoms with E-state index in [1.54, 1.807) is 24.3 Å². The van der Waals surface area contributed by atoms with Crippen LogP contribution in [0.5, 0.6) is 5.75 Å². The molecule has 8 nitrogen and oxygen atoms in total. The molecule has 4 aromatic carbocycles. The Hall–Kier alpha value is -4.63. The Kier molecular flexibility index (Phi) is 11.6. The molecule has 0 unspecified atom stereocenters. The van der Waals surface area contributed by atoms with Crippen LogP contribution >= 0.6 is 0 Å². The predicted octanol–water partition coefficient (Wildman–Crippen LogP) is 5.92. The van der Waals surface area contributed by atoms with E-state index in [0.29, 0.717) is 12.3 Å². The number of benzene rings is 4. The molecule has 0 aliphatic rings. The van der Waals surface area contributed by atoms with Crippen LogP contribution in [0.1, 0.15) is 36.1 Å². The van der Waals surface area contributed by atoms with Gasteiger partial charge in [0.25, 0.3) is 10.0 Å². The highest BCUT2D eigenvalue weighted by molar-refractivity contribution is 7.92. The number of hydrogen-bond donors (Lipinski definition) is 1. The monoisotopic (exact) mass is 641 g/mol. The normalized spacial score (nSPS) is 12.0. The van der Waals surface area contributed by atoms with Crippen molar-refractivity contribution in [2.45, 2.75) is 51.6 Å². The zero-order chi connectivity index (χ0) is 33.3. The molecule has 0 aliphatic carbocycles. The van der Waals surface area contributed by atoms with E-state index in [2.05, 4.69) is 5.32 Å². The highest BCUT2D eigenvalue weighted by atomic mass is 32.2. The fourth-order valence-corrected chi connectivity index (χ4v) is 6.52. The van der Waals surface area contributed by atoms with Crippen LogP contribution < -0.4 is 14.4 Å². The van der Waals surface area contributed by atoms with Crippen LogP contribution in [0.15, 0.2) is 108 Å². The maximum absolute atomic E-state index is 14.6. The minimum atomic E-state index is -4.24. The van der Waals surface area contributed by atoms with E-state index in [1.807, 2.05) is 94.4 Å². The number of sulfonamides is 1.